The molecule has 0 unspecified atom stereocenters. The number of aliphatic hydroxyl groups is 1. The third kappa shape index (κ3) is 2.11. The number of nitrogens with zero attached hydrogens (tertiary/aromatic N) is 1. The van der Waals surface area contributed by atoms with Crippen molar-refractivity contribution in [2.45, 2.75) is 61.7 Å². The first kappa shape index (κ1) is 19.1. The fraction of sp³-hybridized carbons (Fsp3) is 0.619. The molecular formula is C21H28ClNO4. The number of aromatic hydroxyl groups is 1. The van der Waals surface area contributed by atoms with E-state index in [-0.39, 0.29) is 35.8 Å². The molecule has 2 saturated carbocycles. The number of rotatable bonds is 2. The molecule has 1 aromatic rings. The molecule has 0 radical (unpaired) electrons. The van der Waals surface area contributed by atoms with E-state index in [9.17, 15) is 10.2 Å². The van der Waals surface area contributed by atoms with Crippen LogP contribution in [0.15, 0.2) is 24.3 Å². The molecule has 6 heteroatoms. The highest BCUT2D eigenvalue weighted by Gasteiger charge is 2.71. The normalized spacial score (nSPS) is 38.3. The number of piperidine rings is 1. The van der Waals surface area contributed by atoms with Crippen LogP contribution < -0.4 is 4.74 Å². The van der Waals surface area contributed by atoms with Gasteiger partial charge in [0.05, 0.1) is 11.0 Å². The average Bonchev–Trinajstić information content (AvgIpc) is 3.32. The van der Waals surface area contributed by atoms with Gasteiger partial charge in [-0.25, -0.2) is 0 Å². The number of hydrogen-bond donors (Lipinski definition) is 2. The Bertz CT molecular complexity index is 810. The van der Waals surface area contributed by atoms with Crippen molar-refractivity contribution >= 4 is 12.4 Å². The lowest BCUT2D eigenvalue weighted by Crippen LogP contribution is -2.75. The standard InChI is InChI=1S/C21H25NO3.ClH.H2O/c1-12-6-7-21(24)16-10-14-4-5-15(23)18-17(14)20(21,19(12)25-18)8-9-22(16)11-13-2-3-13;;/h4-5,13,16,19,23-24H,1-3,6-11H2;1H;1H2/t16-,19+,20+,21-;;/m1../s1. The first-order chi connectivity index (χ1) is 12.0. The highest BCUT2D eigenvalue weighted by molar-refractivity contribution is 5.85. The van der Waals surface area contributed by atoms with Gasteiger partial charge in [0.2, 0.25) is 0 Å². The molecule has 2 aliphatic heterocycles. The van der Waals surface area contributed by atoms with Crippen molar-refractivity contribution in [3.63, 3.8) is 0 Å². The summed E-state index contributed by atoms with van der Waals surface area (Å²) >= 11 is 0. The predicted molar refractivity (Wildman–Crippen MR) is 105 cm³/mol. The first-order valence-corrected chi connectivity index (χ1v) is 9.71. The zero-order valence-electron chi connectivity index (χ0n) is 15.4. The van der Waals surface area contributed by atoms with Gasteiger partial charge >= 0.3 is 0 Å². The molecule has 1 saturated heterocycles. The van der Waals surface area contributed by atoms with Crippen molar-refractivity contribution in [1.29, 1.82) is 0 Å². The predicted octanol–water partition coefficient (Wildman–Crippen LogP) is 2.11. The summed E-state index contributed by atoms with van der Waals surface area (Å²) in [5.41, 5.74) is 2.21. The monoisotopic (exact) mass is 393 g/mol. The van der Waals surface area contributed by atoms with Crippen molar-refractivity contribution in [2.75, 3.05) is 13.1 Å². The van der Waals surface area contributed by atoms with Gasteiger partial charge in [-0.05, 0) is 68.2 Å². The Morgan fingerprint density at radius 3 is 2.78 bits per heavy atom. The molecule has 5 nitrogen and oxygen atoms in total. The van der Waals surface area contributed by atoms with Gasteiger partial charge in [-0.15, -0.1) is 12.4 Å². The Balaban J connectivity index is 0.000000900. The molecule has 27 heavy (non-hydrogen) atoms. The van der Waals surface area contributed by atoms with Gasteiger partial charge < -0.3 is 20.4 Å². The number of benzene rings is 1. The molecule has 4 N–H and O–H groups in total. The lowest BCUT2D eigenvalue weighted by molar-refractivity contribution is -0.174. The van der Waals surface area contributed by atoms with Crippen LogP contribution in [0.3, 0.4) is 0 Å². The van der Waals surface area contributed by atoms with E-state index in [2.05, 4.69) is 11.5 Å². The van der Waals surface area contributed by atoms with Crippen LogP contribution in [0.25, 0.3) is 0 Å². The summed E-state index contributed by atoms with van der Waals surface area (Å²) in [5, 5.41) is 22.5. The van der Waals surface area contributed by atoms with Gasteiger partial charge in [-0.1, -0.05) is 12.6 Å². The molecule has 4 atom stereocenters. The Hall–Kier alpha value is -1.27. The van der Waals surface area contributed by atoms with Crippen LogP contribution in [0.2, 0.25) is 0 Å². The maximum Gasteiger partial charge on any atom is 0.166 e. The van der Waals surface area contributed by atoms with Crippen LogP contribution in [0, 0.1) is 5.92 Å². The summed E-state index contributed by atoms with van der Waals surface area (Å²) < 4.78 is 6.29. The number of likely N-dealkylation sites (tertiary alicyclic amines) is 1. The summed E-state index contributed by atoms with van der Waals surface area (Å²) in [5.74, 6) is 1.64. The second kappa shape index (κ2) is 5.86. The van der Waals surface area contributed by atoms with Crippen LogP contribution in [-0.4, -0.2) is 51.4 Å². The van der Waals surface area contributed by atoms with E-state index in [1.807, 2.05) is 6.07 Å². The van der Waals surface area contributed by atoms with Gasteiger partial charge in [0.1, 0.15) is 6.10 Å². The summed E-state index contributed by atoms with van der Waals surface area (Å²) in [7, 11) is 0. The Kier molecular flexibility index (Phi) is 4.14. The van der Waals surface area contributed by atoms with Crippen molar-refractivity contribution in [3.8, 4) is 11.5 Å². The quantitative estimate of drug-likeness (QED) is 0.753. The van der Waals surface area contributed by atoms with Gasteiger partial charge in [-0.3, -0.25) is 4.90 Å². The van der Waals surface area contributed by atoms with Crippen LogP contribution in [-0.2, 0) is 11.8 Å². The third-order valence-electron chi connectivity index (χ3n) is 7.71. The molecule has 148 valence electrons. The average molecular weight is 394 g/mol. The van der Waals surface area contributed by atoms with E-state index in [0.717, 1.165) is 55.8 Å². The number of phenolic OH excluding ortho intramolecular Hbond substituents is 1. The molecule has 6 rings (SSSR count). The summed E-state index contributed by atoms with van der Waals surface area (Å²) in [6, 6.07) is 3.96. The second-order valence-electron chi connectivity index (χ2n) is 8.91. The van der Waals surface area contributed by atoms with Crippen molar-refractivity contribution in [3.05, 3.63) is 35.4 Å². The topological polar surface area (TPSA) is 84.4 Å². The van der Waals surface area contributed by atoms with E-state index in [1.54, 1.807) is 6.07 Å². The smallest absolute Gasteiger partial charge is 0.166 e. The lowest BCUT2D eigenvalue weighted by atomic mass is 9.48. The highest BCUT2D eigenvalue weighted by atomic mass is 35.5. The van der Waals surface area contributed by atoms with Gasteiger partial charge in [0, 0.05) is 18.2 Å². The van der Waals surface area contributed by atoms with Gasteiger partial charge in [0.25, 0.3) is 0 Å². The summed E-state index contributed by atoms with van der Waals surface area (Å²) in [6.07, 6.45) is 5.79. The fourth-order valence-electron chi connectivity index (χ4n) is 6.39. The van der Waals surface area contributed by atoms with Crippen LogP contribution in [0.5, 0.6) is 11.5 Å². The number of phenols is 1. The van der Waals surface area contributed by atoms with E-state index >= 15 is 0 Å². The molecule has 3 aliphatic carbocycles. The minimum absolute atomic E-state index is 0. The fourth-order valence-corrected chi connectivity index (χ4v) is 6.39. The third-order valence-corrected chi connectivity index (χ3v) is 7.71. The molecule has 5 aliphatic rings. The summed E-state index contributed by atoms with van der Waals surface area (Å²) in [6.45, 7) is 6.40. The summed E-state index contributed by atoms with van der Waals surface area (Å²) in [4.78, 5) is 2.56. The first-order valence-electron chi connectivity index (χ1n) is 9.71. The zero-order valence-corrected chi connectivity index (χ0v) is 16.2. The van der Waals surface area contributed by atoms with Gasteiger partial charge in [-0.2, -0.15) is 0 Å². The van der Waals surface area contributed by atoms with E-state index in [4.69, 9.17) is 4.74 Å². The lowest BCUT2D eigenvalue weighted by Gasteiger charge is -2.63. The number of halogens is 1. The van der Waals surface area contributed by atoms with Crippen LogP contribution >= 0.6 is 12.4 Å². The Morgan fingerprint density at radius 2 is 2.04 bits per heavy atom. The number of hydrogen-bond acceptors (Lipinski definition) is 4. The van der Waals surface area contributed by atoms with E-state index < -0.39 is 11.0 Å². The molecule has 2 heterocycles. The van der Waals surface area contributed by atoms with Crippen LogP contribution in [0.4, 0.5) is 0 Å². The number of ether oxygens (including phenoxy) is 1. The van der Waals surface area contributed by atoms with Crippen molar-refractivity contribution in [1.82, 2.24) is 4.90 Å². The van der Waals surface area contributed by atoms with E-state index in [1.165, 1.54) is 18.4 Å². The maximum absolute atomic E-state index is 12.1. The molecule has 1 spiro atoms. The molecule has 0 aromatic heterocycles. The minimum atomic E-state index is -0.780. The maximum atomic E-state index is 12.1. The SMILES string of the molecule is C=C1CC[C@@]2(O)[C@H]3Cc4ccc(O)c5c4[C@@]2(CCN3CC2CC2)[C@H]1O5.Cl.O. The van der Waals surface area contributed by atoms with Crippen LogP contribution in [0.1, 0.15) is 43.2 Å². The zero-order chi connectivity index (χ0) is 17.0. The second-order valence-corrected chi connectivity index (χ2v) is 8.91. The van der Waals surface area contributed by atoms with Gasteiger partial charge in [0.15, 0.2) is 11.5 Å². The largest absolute Gasteiger partial charge is 0.504 e. The molecule has 0 amide bonds. The Morgan fingerprint density at radius 1 is 1.26 bits per heavy atom. The minimum Gasteiger partial charge on any atom is -0.504 e. The molecular weight excluding hydrogens is 366 g/mol. The Labute approximate surface area is 165 Å². The molecule has 3 fully saturated rings. The van der Waals surface area contributed by atoms with Crippen molar-refractivity contribution in [2.24, 2.45) is 5.92 Å². The molecule has 1 aromatic carbocycles. The van der Waals surface area contributed by atoms with E-state index in [0.29, 0.717) is 5.75 Å². The highest BCUT2D eigenvalue weighted by Crippen LogP contribution is 2.66. The molecule has 2 bridgehead atoms. The van der Waals surface area contributed by atoms with Crippen molar-refractivity contribution < 1.29 is 20.4 Å².